The molecule has 3 rings (SSSR count). The van der Waals surface area contributed by atoms with E-state index < -0.39 is 0 Å². The number of hydrogen-bond donors (Lipinski definition) is 0. The largest absolute Gasteiger partial charge is 0.332 e. The maximum atomic E-state index is 13.4. The van der Waals surface area contributed by atoms with Crippen molar-refractivity contribution >= 4 is 23.3 Å². The van der Waals surface area contributed by atoms with Crippen molar-refractivity contribution in [3.63, 3.8) is 0 Å². The fraction of sp³-hybridized carbons (Fsp3) is 0.500. The lowest BCUT2D eigenvalue weighted by Gasteiger charge is -2.30. The van der Waals surface area contributed by atoms with E-state index in [4.69, 9.17) is 0 Å². The van der Waals surface area contributed by atoms with E-state index in [1.54, 1.807) is 47.4 Å². The number of carbonyl (C=O) groups is 2. The molecule has 0 bridgehead atoms. The summed E-state index contributed by atoms with van der Waals surface area (Å²) in [5.41, 5.74) is 2.00. The molecule has 0 aliphatic carbocycles. The molecule has 0 radical (unpaired) electrons. The minimum Gasteiger partial charge on any atom is -0.332 e. The Hall–Kier alpha value is -2.45. The fourth-order valence-corrected chi connectivity index (χ4v) is 4.76. The van der Waals surface area contributed by atoms with Gasteiger partial charge < -0.3 is 19.6 Å². The number of carbonyl (C=O) groups excluding carboxylic acids is 2. The Kier molecular flexibility index (Phi) is 8.64. The van der Waals surface area contributed by atoms with Crippen LogP contribution in [-0.4, -0.2) is 78.4 Å². The third-order valence-electron chi connectivity index (χ3n) is 5.81. The summed E-state index contributed by atoms with van der Waals surface area (Å²) in [7, 11) is 3.42. The molecule has 2 heterocycles. The van der Waals surface area contributed by atoms with E-state index in [1.165, 1.54) is 29.9 Å². The molecule has 1 aromatic carbocycles. The van der Waals surface area contributed by atoms with E-state index >= 15 is 0 Å². The van der Waals surface area contributed by atoms with Crippen molar-refractivity contribution in [2.75, 3.05) is 46.8 Å². The summed E-state index contributed by atoms with van der Waals surface area (Å²) < 4.78 is 13.4. The van der Waals surface area contributed by atoms with Crippen molar-refractivity contribution in [2.24, 2.45) is 0 Å². The number of nitrogens with zero attached hydrogens (tertiary/aromatic N) is 4. The Morgan fingerprint density at radius 1 is 1.03 bits per heavy atom. The summed E-state index contributed by atoms with van der Waals surface area (Å²) in [6.45, 7) is 6.28. The van der Waals surface area contributed by atoms with Gasteiger partial charge in [-0.05, 0) is 67.6 Å². The van der Waals surface area contributed by atoms with Crippen molar-refractivity contribution in [1.82, 2.24) is 19.6 Å². The SMILES string of the molecule is Cc1ccsc1CN(Cc1ccc(F)cc1)C(=O)CN(CCN1CCCC1)C(=O)N(C)C. The Labute approximate surface area is 194 Å². The molecule has 1 fully saturated rings. The van der Waals surface area contributed by atoms with Gasteiger partial charge in [0.2, 0.25) is 5.91 Å². The maximum absolute atomic E-state index is 13.4. The first-order chi connectivity index (χ1) is 15.3. The second-order valence-electron chi connectivity index (χ2n) is 8.55. The second kappa shape index (κ2) is 11.4. The average molecular weight is 461 g/mol. The molecule has 32 heavy (non-hydrogen) atoms. The van der Waals surface area contributed by atoms with Gasteiger partial charge in [-0.1, -0.05) is 12.1 Å². The molecule has 0 saturated carbocycles. The quantitative estimate of drug-likeness (QED) is 0.572. The molecule has 0 unspecified atom stereocenters. The summed E-state index contributed by atoms with van der Waals surface area (Å²) in [6, 6.07) is 8.10. The molecule has 0 atom stereocenters. The number of hydrogen-bond acceptors (Lipinski definition) is 4. The summed E-state index contributed by atoms with van der Waals surface area (Å²) in [6.07, 6.45) is 2.37. The van der Waals surface area contributed by atoms with Crippen LogP contribution in [0.25, 0.3) is 0 Å². The number of aryl methyl sites for hydroxylation is 1. The predicted octanol–water partition coefficient (Wildman–Crippen LogP) is 3.80. The van der Waals surface area contributed by atoms with Gasteiger partial charge in [0.15, 0.2) is 0 Å². The zero-order chi connectivity index (χ0) is 23.1. The molecule has 6 nitrogen and oxygen atoms in total. The first-order valence-corrected chi connectivity index (χ1v) is 11.9. The Morgan fingerprint density at radius 2 is 1.72 bits per heavy atom. The van der Waals surface area contributed by atoms with E-state index in [9.17, 15) is 14.0 Å². The van der Waals surface area contributed by atoms with E-state index in [2.05, 4.69) is 4.90 Å². The van der Waals surface area contributed by atoms with Crippen molar-refractivity contribution in [2.45, 2.75) is 32.9 Å². The highest BCUT2D eigenvalue weighted by Crippen LogP contribution is 2.20. The normalized spacial score (nSPS) is 13.9. The zero-order valence-corrected chi connectivity index (χ0v) is 20.0. The Morgan fingerprint density at radius 3 is 2.31 bits per heavy atom. The van der Waals surface area contributed by atoms with Gasteiger partial charge in [-0.25, -0.2) is 9.18 Å². The molecular formula is C24H33FN4O2S. The molecule has 1 aromatic heterocycles. The third kappa shape index (κ3) is 6.77. The molecule has 8 heteroatoms. The standard InChI is InChI=1S/C24H33FN4O2S/c1-19-10-15-32-22(19)17-29(16-20-6-8-21(25)9-7-20)23(30)18-28(24(31)26(2)3)14-13-27-11-4-5-12-27/h6-10,15H,4-5,11-14,16-18H2,1-3H3. The van der Waals surface area contributed by atoms with E-state index in [0.717, 1.165) is 35.6 Å². The first-order valence-electron chi connectivity index (χ1n) is 11.1. The summed E-state index contributed by atoms with van der Waals surface area (Å²) in [4.78, 5) is 34.6. The van der Waals surface area contributed by atoms with Crippen LogP contribution in [0.2, 0.25) is 0 Å². The zero-order valence-electron chi connectivity index (χ0n) is 19.2. The smallest absolute Gasteiger partial charge is 0.319 e. The minimum atomic E-state index is -0.301. The monoisotopic (exact) mass is 460 g/mol. The van der Waals surface area contributed by atoms with Crippen LogP contribution in [-0.2, 0) is 17.9 Å². The number of amides is 3. The van der Waals surface area contributed by atoms with Gasteiger partial charge in [0.25, 0.3) is 0 Å². The van der Waals surface area contributed by atoms with Gasteiger partial charge in [0, 0.05) is 38.6 Å². The van der Waals surface area contributed by atoms with E-state index in [0.29, 0.717) is 19.6 Å². The molecule has 3 amide bonds. The van der Waals surface area contributed by atoms with Crippen LogP contribution < -0.4 is 0 Å². The number of thiophene rings is 1. The summed E-state index contributed by atoms with van der Waals surface area (Å²) >= 11 is 1.62. The van der Waals surface area contributed by atoms with Gasteiger partial charge >= 0.3 is 6.03 Å². The van der Waals surface area contributed by atoms with E-state index in [1.807, 2.05) is 18.4 Å². The maximum Gasteiger partial charge on any atom is 0.319 e. The average Bonchev–Trinajstić information content (AvgIpc) is 3.43. The van der Waals surface area contributed by atoms with Crippen LogP contribution in [0.4, 0.5) is 9.18 Å². The topological polar surface area (TPSA) is 47.1 Å². The first kappa shape index (κ1) is 24.2. The highest BCUT2D eigenvalue weighted by molar-refractivity contribution is 7.10. The molecule has 2 aromatic rings. The number of urea groups is 1. The van der Waals surface area contributed by atoms with Crippen molar-refractivity contribution in [1.29, 1.82) is 0 Å². The van der Waals surface area contributed by atoms with Gasteiger partial charge in [0.1, 0.15) is 12.4 Å². The van der Waals surface area contributed by atoms with Gasteiger partial charge in [-0.3, -0.25) is 4.79 Å². The van der Waals surface area contributed by atoms with Crippen LogP contribution in [0.3, 0.4) is 0 Å². The minimum absolute atomic E-state index is 0.0243. The van der Waals surface area contributed by atoms with Crippen molar-refractivity contribution in [3.05, 3.63) is 57.5 Å². The second-order valence-corrected chi connectivity index (χ2v) is 9.55. The van der Waals surface area contributed by atoms with E-state index in [-0.39, 0.29) is 24.3 Å². The molecule has 1 aliphatic heterocycles. The van der Waals surface area contributed by atoms with Crippen LogP contribution in [0.1, 0.15) is 28.8 Å². The van der Waals surface area contributed by atoms with Crippen molar-refractivity contribution in [3.8, 4) is 0 Å². The molecular weight excluding hydrogens is 427 g/mol. The summed E-state index contributed by atoms with van der Waals surface area (Å²) in [5.74, 6) is -0.413. The van der Waals surface area contributed by atoms with Crippen LogP contribution in [0, 0.1) is 12.7 Å². The predicted molar refractivity (Wildman–Crippen MR) is 126 cm³/mol. The number of halogens is 1. The fourth-order valence-electron chi connectivity index (χ4n) is 3.84. The molecule has 174 valence electrons. The van der Waals surface area contributed by atoms with Crippen LogP contribution in [0.15, 0.2) is 35.7 Å². The highest BCUT2D eigenvalue weighted by atomic mass is 32.1. The Balaban J connectivity index is 1.74. The lowest BCUT2D eigenvalue weighted by atomic mass is 10.2. The number of benzene rings is 1. The number of rotatable bonds is 9. The van der Waals surface area contributed by atoms with Crippen molar-refractivity contribution < 1.29 is 14.0 Å². The molecule has 1 saturated heterocycles. The van der Waals surface area contributed by atoms with Crippen LogP contribution >= 0.6 is 11.3 Å². The molecule has 0 spiro atoms. The molecule has 1 aliphatic rings. The summed E-state index contributed by atoms with van der Waals surface area (Å²) in [5, 5.41) is 2.02. The Bertz CT molecular complexity index is 894. The third-order valence-corrected chi connectivity index (χ3v) is 6.81. The van der Waals surface area contributed by atoms with Gasteiger partial charge in [-0.2, -0.15) is 0 Å². The van der Waals surface area contributed by atoms with Gasteiger partial charge in [-0.15, -0.1) is 11.3 Å². The molecule has 0 N–H and O–H groups in total. The van der Waals surface area contributed by atoms with Gasteiger partial charge in [0.05, 0.1) is 6.54 Å². The highest BCUT2D eigenvalue weighted by Gasteiger charge is 2.24. The lowest BCUT2D eigenvalue weighted by Crippen LogP contribution is -2.48. The number of likely N-dealkylation sites (tertiary alicyclic amines) is 1. The lowest BCUT2D eigenvalue weighted by molar-refractivity contribution is -0.133. The van der Waals surface area contributed by atoms with Crippen LogP contribution in [0.5, 0.6) is 0 Å².